The van der Waals surface area contributed by atoms with Crippen molar-refractivity contribution in [2.45, 2.75) is 28.4 Å². The molecule has 0 saturated carbocycles. The van der Waals surface area contributed by atoms with Crippen LogP contribution in [-0.4, -0.2) is 32.4 Å². The molecule has 1 atom stereocenters. The van der Waals surface area contributed by atoms with Crippen molar-refractivity contribution in [3.63, 3.8) is 0 Å². The molecule has 4 nitrogen and oxygen atoms in total. The molecule has 1 amide bonds. The molecule has 7 heteroatoms. The first-order valence-electron chi connectivity index (χ1n) is 7.84. The third-order valence-electron chi connectivity index (χ3n) is 4.08. The summed E-state index contributed by atoms with van der Waals surface area (Å²) in [4.78, 5) is 16.0. The van der Waals surface area contributed by atoms with Crippen LogP contribution in [0.3, 0.4) is 0 Å². The Morgan fingerprint density at radius 1 is 1.24 bits per heavy atom. The topological polar surface area (TPSA) is 54.5 Å². The Bertz CT molecular complexity index is 928. The van der Waals surface area contributed by atoms with E-state index in [0.29, 0.717) is 11.8 Å². The lowest BCUT2D eigenvalue weighted by atomic mass is 10.1. The van der Waals surface area contributed by atoms with Gasteiger partial charge in [-0.15, -0.1) is 11.8 Å². The molecule has 0 fully saturated rings. The Morgan fingerprint density at radius 3 is 2.68 bits per heavy atom. The lowest BCUT2D eigenvalue weighted by molar-refractivity contribution is 0.0986. The fourth-order valence-electron chi connectivity index (χ4n) is 2.74. The SMILES string of the molecule is CC1CCN(C(=O)c2cc(S(C)(=O)=O)ccc2Cl)c2ccccc2S1. The number of hydrogen-bond donors (Lipinski definition) is 0. The number of para-hydroxylation sites is 1. The van der Waals surface area contributed by atoms with Crippen LogP contribution in [0, 0.1) is 0 Å². The van der Waals surface area contributed by atoms with Crippen molar-refractivity contribution in [3.8, 4) is 0 Å². The predicted molar refractivity (Wildman–Crippen MR) is 103 cm³/mol. The number of thioether (sulfide) groups is 1. The minimum absolute atomic E-state index is 0.0890. The summed E-state index contributed by atoms with van der Waals surface area (Å²) in [7, 11) is -3.42. The van der Waals surface area contributed by atoms with Crippen molar-refractivity contribution in [1.29, 1.82) is 0 Å². The highest BCUT2D eigenvalue weighted by Gasteiger charge is 2.27. The molecule has 2 aromatic rings. The molecule has 2 aromatic carbocycles. The maximum atomic E-state index is 13.2. The second kappa shape index (κ2) is 7.02. The molecule has 0 radical (unpaired) electrons. The molecule has 0 aliphatic carbocycles. The average Bonchev–Trinajstić information content (AvgIpc) is 2.72. The van der Waals surface area contributed by atoms with Crippen LogP contribution in [0.15, 0.2) is 52.3 Å². The summed E-state index contributed by atoms with van der Waals surface area (Å²) in [5.74, 6) is -0.280. The lowest BCUT2D eigenvalue weighted by Gasteiger charge is -2.23. The molecular weight excluding hydrogens is 378 g/mol. The second-order valence-corrected chi connectivity index (χ2v) is 9.96. The smallest absolute Gasteiger partial charge is 0.259 e. The zero-order valence-electron chi connectivity index (χ0n) is 13.9. The summed E-state index contributed by atoms with van der Waals surface area (Å²) in [6.07, 6.45) is 1.96. The van der Waals surface area contributed by atoms with Crippen molar-refractivity contribution in [1.82, 2.24) is 0 Å². The van der Waals surface area contributed by atoms with E-state index >= 15 is 0 Å². The number of amides is 1. The zero-order valence-corrected chi connectivity index (χ0v) is 16.3. The predicted octanol–water partition coefficient (Wildman–Crippen LogP) is 4.27. The number of nitrogens with zero attached hydrogens (tertiary/aromatic N) is 1. The summed E-state index contributed by atoms with van der Waals surface area (Å²) in [5.41, 5.74) is 1.04. The average molecular weight is 396 g/mol. The van der Waals surface area contributed by atoms with Gasteiger partial charge in [0.05, 0.1) is 21.2 Å². The van der Waals surface area contributed by atoms with Crippen molar-refractivity contribution in [2.75, 3.05) is 17.7 Å². The first-order valence-corrected chi connectivity index (χ1v) is 11.0. The van der Waals surface area contributed by atoms with Gasteiger partial charge in [0.2, 0.25) is 0 Å². The fraction of sp³-hybridized carbons (Fsp3) is 0.278. The quantitative estimate of drug-likeness (QED) is 0.761. The van der Waals surface area contributed by atoms with E-state index in [0.717, 1.165) is 23.3 Å². The minimum Gasteiger partial charge on any atom is -0.307 e. The molecule has 0 saturated heterocycles. The number of carbonyl (C=O) groups excluding carboxylic acids is 1. The van der Waals surface area contributed by atoms with Gasteiger partial charge in [-0.25, -0.2) is 8.42 Å². The fourth-order valence-corrected chi connectivity index (χ4v) is 4.70. The van der Waals surface area contributed by atoms with Crippen molar-refractivity contribution in [2.24, 2.45) is 0 Å². The Labute approximate surface area is 157 Å². The van der Waals surface area contributed by atoms with Gasteiger partial charge in [-0.05, 0) is 36.8 Å². The minimum atomic E-state index is -3.42. The van der Waals surface area contributed by atoms with E-state index in [1.165, 1.54) is 18.2 Å². The van der Waals surface area contributed by atoms with Crippen LogP contribution in [0.4, 0.5) is 5.69 Å². The van der Waals surface area contributed by atoms with Gasteiger partial charge in [-0.2, -0.15) is 0 Å². The largest absolute Gasteiger partial charge is 0.307 e. The van der Waals surface area contributed by atoms with E-state index < -0.39 is 9.84 Å². The van der Waals surface area contributed by atoms with E-state index in [9.17, 15) is 13.2 Å². The number of sulfone groups is 1. The molecule has 132 valence electrons. The van der Waals surface area contributed by atoms with Crippen LogP contribution >= 0.6 is 23.4 Å². The maximum absolute atomic E-state index is 13.2. The molecule has 0 N–H and O–H groups in total. The van der Waals surface area contributed by atoms with Gasteiger partial charge >= 0.3 is 0 Å². The van der Waals surface area contributed by atoms with Crippen LogP contribution in [0.5, 0.6) is 0 Å². The van der Waals surface area contributed by atoms with E-state index in [1.807, 2.05) is 24.3 Å². The molecule has 1 unspecified atom stereocenters. The molecule has 0 bridgehead atoms. The summed E-state index contributed by atoms with van der Waals surface area (Å²) in [6, 6.07) is 12.0. The Balaban J connectivity index is 2.07. The monoisotopic (exact) mass is 395 g/mol. The summed E-state index contributed by atoms with van der Waals surface area (Å²) < 4.78 is 23.6. The third-order valence-corrected chi connectivity index (χ3v) is 6.76. The standard InChI is InChI=1S/C18H18ClNO3S2/c1-12-9-10-20(16-5-3-4-6-17(16)24-12)18(21)14-11-13(25(2,22)23)7-8-15(14)19/h3-8,11-12H,9-10H2,1-2H3. The van der Waals surface area contributed by atoms with E-state index in [1.54, 1.807) is 16.7 Å². The molecule has 0 aromatic heterocycles. The zero-order chi connectivity index (χ0) is 18.2. The van der Waals surface area contributed by atoms with Gasteiger partial charge in [0.1, 0.15) is 0 Å². The molecule has 25 heavy (non-hydrogen) atoms. The van der Waals surface area contributed by atoms with Crippen LogP contribution in [-0.2, 0) is 9.84 Å². The first kappa shape index (κ1) is 18.3. The van der Waals surface area contributed by atoms with Gasteiger partial charge < -0.3 is 4.90 Å². The number of carbonyl (C=O) groups is 1. The van der Waals surface area contributed by atoms with Crippen molar-refractivity contribution >= 4 is 44.8 Å². The molecule has 1 aliphatic rings. The first-order chi connectivity index (χ1) is 11.8. The number of fused-ring (bicyclic) bond motifs is 1. The van der Waals surface area contributed by atoms with Crippen molar-refractivity contribution < 1.29 is 13.2 Å². The van der Waals surface area contributed by atoms with Gasteiger partial charge in [0.15, 0.2) is 9.84 Å². The molecule has 3 rings (SSSR count). The molecular formula is C18H18ClNO3S2. The van der Waals surface area contributed by atoms with Crippen LogP contribution < -0.4 is 4.90 Å². The van der Waals surface area contributed by atoms with E-state index in [4.69, 9.17) is 11.6 Å². The molecule has 1 heterocycles. The number of benzene rings is 2. The lowest BCUT2D eigenvalue weighted by Crippen LogP contribution is -2.32. The van der Waals surface area contributed by atoms with Gasteiger partial charge in [0, 0.05) is 22.9 Å². The molecule has 1 aliphatic heterocycles. The third kappa shape index (κ3) is 3.86. The summed E-state index contributed by atoms with van der Waals surface area (Å²) >= 11 is 7.95. The van der Waals surface area contributed by atoms with Crippen LogP contribution in [0.25, 0.3) is 0 Å². The summed E-state index contributed by atoms with van der Waals surface area (Å²) in [6.45, 7) is 2.69. The molecule has 0 spiro atoms. The van der Waals surface area contributed by atoms with E-state index in [2.05, 4.69) is 6.92 Å². The Kier molecular flexibility index (Phi) is 5.14. The van der Waals surface area contributed by atoms with Gasteiger partial charge in [-0.1, -0.05) is 30.7 Å². The van der Waals surface area contributed by atoms with Crippen LogP contribution in [0.1, 0.15) is 23.7 Å². The Morgan fingerprint density at radius 2 is 1.96 bits per heavy atom. The Hall–Kier alpha value is -1.50. The van der Waals surface area contributed by atoms with Crippen LogP contribution in [0.2, 0.25) is 5.02 Å². The van der Waals surface area contributed by atoms with E-state index in [-0.39, 0.29) is 21.4 Å². The van der Waals surface area contributed by atoms with Gasteiger partial charge in [-0.3, -0.25) is 4.79 Å². The second-order valence-electron chi connectivity index (χ2n) is 6.06. The highest BCUT2D eigenvalue weighted by Crippen LogP contribution is 2.38. The number of halogens is 1. The highest BCUT2D eigenvalue weighted by atomic mass is 35.5. The van der Waals surface area contributed by atoms with Crippen molar-refractivity contribution in [3.05, 3.63) is 53.1 Å². The highest BCUT2D eigenvalue weighted by molar-refractivity contribution is 8.00. The summed E-state index contributed by atoms with van der Waals surface area (Å²) in [5, 5.41) is 0.636. The number of hydrogen-bond acceptors (Lipinski definition) is 4. The van der Waals surface area contributed by atoms with Gasteiger partial charge in [0.25, 0.3) is 5.91 Å². The number of rotatable bonds is 2. The normalized spacial score (nSPS) is 17.7. The number of anilines is 1. The maximum Gasteiger partial charge on any atom is 0.259 e.